The van der Waals surface area contributed by atoms with E-state index in [0.717, 1.165) is 0 Å². The van der Waals surface area contributed by atoms with Crippen molar-refractivity contribution in [3.63, 3.8) is 0 Å². The highest BCUT2D eigenvalue weighted by atomic mass is 35.5. The van der Waals surface area contributed by atoms with Crippen LogP contribution in [0, 0.1) is 0 Å². The van der Waals surface area contributed by atoms with Crippen LogP contribution in [0.25, 0.3) is 16.9 Å². The lowest BCUT2D eigenvalue weighted by Crippen LogP contribution is -2.14. The van der Waals surface area contributed by atoms with Gasteiger partial charge in [0.05, 0.1) is 45.5 Å². The molecule has 0 radical (unpaired) electrons. The van der Waals surface area contributed by atoms with Gasteiger partial charge in [0.15, 0.2) is 5.75 Å². The third-order valence-electron chi connectivity index (χ3n) is 4.02. The zero-order valence-electron chi connectivity index (χ0n) is 15.1. The molecule has 152 valence electrons. The molecule has 1 heterocycles. The van der Waals surface area contributed by atoms with E-state index in [-0.39, 0.29) is 11.3 Å². The van der Waals surface area contributed by atoms with Crippen molar-refractivity contribution in [1.29, 1.82) is 0 Å². The Kier molecular flexibility index (Phi) is 5.85. The number of carbonyl (C=O) groups excluding carboxylic acids is 1. The first-order valence-corrected chi connectivity index (χ1v) is 10.4. The van der Waals surface area contributed by atoms with E-state index in [2.05, 4.69) is 5.10 Å². The minimum atomic E-state index is -3.83. The van der Waals surface area contributed by atoms with E-state index < -0.39 is 15.9 Å². The predicted octanol–water partition coefficient (Wildman–Crippen LogP) is 2.53. The van der Waals surface area contributed by atoms with E-state index in [0.29, 0.717) is 38.4 Å². The number of primary amides is 1. The van der Waals surface area contributed by atoms with Gasteiger partial charge in [-0.15, -0.1) is 0 Å². The minimum Gasteiger partial charge on any atom is -0.494 e. The Hall–Kier alpha value is -2.59. The summed E-state index contributed by atoms with van der Waals surface area (Å²) < 4.78 is 29.7. The summed E-state index contributed by atoms with van der Waals surface area (Å²) in [6.07, 6.45) is -0.0765. The summed E-state index contributed by atoms with van der Waals surface area (Å²) in [4.78, 5) is 11.3. The van der Waals surface area contributed by atoms with Crippen molar-refractivity contribution >= 4 is 39.1 Å². The van der Waals surface area contributed by atoms with Gasteiger partial charge in [0.1, 0.15) is 0 Å². The lowest BCUT2D eigenvalue weighted by atomic mass is 10.1. The van der Waals surface area contributed by atoms with Crippen LogP contribution >= 0.6 is 23.2 Å². The summed E-state index contributed by atoms with van der Waals surface area (Å²) in [6, 6.07) is 10.8. The zero-order chi connectivity index (χ0) is 21.3. The monoisotopic (exact) mass is 454 g/mol. The zero-order valence-corrected chi connectivity index (χ0v) is 17.4. The number of methoxy groups -OCH3 is 1. The van der Waals surface area contributed by atoms with Gasteiger partial charge in [-0.2, -0.15) is 5.10 Å². The maximum atomic E-state index is 11.5. The van der Waals surface area contributed by atoms with Crippen molar-refractivity contribution in [1.82, 2.24) is 9.78 Å². The molecule has 1 aromatic heterocycles. The summed E-state index contributed by atoms with van der Waals surface area (Å²) in [6.45, 7) is 0. The summed E-state index contributed by atoms with van der Waals surface area (Å²) in [5.74, 6) is -0.213. The molecule has 0 atom stereocenters. The molecule has 0 bridgehead atoms. The SMILES string of the molecule is COc1c(Cl)cc(-c2cc(CC(N)=O)nn2-c2ccc(S(N)(=O)=O)cc2)cc1Cl. The number of halogens is 2. The highest BCUT2D eigenvalue weighted by Crippen LogP contribution is 2.38. The number of sulfonamides is 1. The maximum Gasteiger partial charge on any atom is 0.238 e. The van der Waals surface area contributed by atoms with Crippen molar-refractivity contribution in [3.05, 3.63) is 58.2 Å². The van der Waals surface area contributed by atoms with Crippen LogP contribution in [0.15, 0.2) is 47.4 Å². The number of hydrogen-bond acceptors (Lipinski definition) is 5. The van der Waals surface area contributed by atoms with Gasteiger partial charge in [0, 0.05) is 5.56 Å². The van der Waals surface area contributed by atoms with Gasteiger partial charge in [0.2, 0.25) is 15.9 Å². The Morgan fingerprint density at radius 2 is 1.72 bits per heavy atom. The second-order valence-corrected chi connectivity index (χ2v) is 8.46. The first-order valence-electron chi connectivity index (χ1n) is 8.14. The number of rotatable bonds is 6. The molecule has 4 N–H and O–H groups in total. The van der Waals surface area contributed by atoms with E-state index in [9.17, 15) is 13.2 Å². The number of ether oxygens (including phenoxy) is 1. The molecule has 0 unspecified atom stereocenters. The molecule has 1 amide bonds. The summed E-state index contributed by atoms with van der Waals surface area (Å²) in [7, 11) is -2.38. The highest BCUT2D eigenvalue weighted by molar-refractivity contribution is 7.89. The average Bonchev–Trinajstić information content (AvgIpc) is 3.04. The molecular formula is C18H16Cl2N4O4S. The molecule has 3 rings (SSSR count). The van der Waals surface area contributed by atoms with Crippen LogP contribution in [0.2, 0.25) is 10.0 Å². The molecule has 29 heavy (non-hydrogen) atoms. The molecule has 0 aliphatic rings. The molecular weight excluding hydrogens is 439 g/mol. The van der Waals surface area contributed by atoms with Crippen molar-refractivity contribution in [2.24, 2.45) is 10.9 Å². The van der Waals surface area contributed by atoms with Crippen LogP contribution in [0.3, 0.4) is 0 Å². The summed E-state index contributed by atoms with van der Waals surface area (Å²) in [5.41, 5.74) is 7.42. The quantitative estimate of drug-likeness (QED) is 0.590. The Labute approximate surface area is 177 Å². The first kappa shape index (κ1) is 21.1. The maximum absolute atomic E-state index is 11.5. The Morgan fingerprint density at radius 1 is 1.14 bits per heavy atom. The fourth-order valence-electron chi connectivity index (χ4n) is 2.78. The molecule has 0 aliphatic carbocycles. The van der Waals surface area contributed by atoms with Crippen LogP contribution in [0.5, 0.6) is 5.75 Å². The van der Waals surface area contributed by atoms with Crippen LogP contribution in [-0.2, 0) is 21.2 Å². The Balaban J connectivity index is 2.17. The molecule has 8 nitrogen and oxygen atoms in total. The van der Waals surface area contributed by atoms with Gasteiger partial charge in [0.25, 0.3) is 0 Å². The molecule has 11 heteroatoms. The number of primary sulfonamides is 1. The normalized spacial score (nSPS) is 11.4. The van der Waals surface area contributed by atoms with Gasteiger partial charge in [-0.25, -0.2) is 18.2 Å². The predicted molar refractivity (Wildman–Crippen MR) is 110 cm³/mol. The number of benzene rings is 2. The van der Waals surface area contributed by atoms with E-state index >= 15 is 0 Å². The van der Waals surface area contributed by atoms with Crippen LogP contribution in [0.4, 0.5) is 0 Å². The molecule has 2 aromatic carbocycles. The van der Waals surface area contributed by atoms with Crippen LogP contribution < -0.4 is 15.6 Å². The fourth-order valence-corrected chi connectivity index (χ4v) is 3.93. The van der Waals surface area contributed by atoms with Crippen molar-refractivity contribution in [3.8, 4) is 22.7 Å². The van der Waals surface area contributed by atoms with Crippen molar-refractivity contribution in [2.45, 2.75) is 11.3 Å². The smallest absolute Gasteiger partial charge is 0.238 e. The standard InChI is InChI=1S/C18H16Cl2N4O4S/c1-28-18-14(19)6-10(7-15(18)20)16-8-11(9-17(21)25)23-24(16)12-2-4-13(5-3-12)29(22,26)27/h2-8H,9H2,1H3,(H2,21,25)(H2,22,26,27). The molecule has 0 fully saturated rings. The Bertz CT molecular complexity index is 1170. The second kappa shape index (κ2) is 8.03. The highest BCUT2D eigenvalue weighted by Gasteiger charge is 2.17. The van der Waals surface area contributed by atoms with Gasteiger partial charge >= 0.3 is 0 Å². The largest absolute Gasteiger partial charge is 0.494 e. The second-order valence-electron chi connectivity index (χ2n) is 6.09. The topological polar surface area (TPSA) is 130 Å². The fraction of sp³-hybridized carbons (Fsp3) is 0.111. The molecule has 0 spiro atoms. The van der Waals surface area contributed by atoms with E-state index in [1.165, 1.54) is 36.1 Å². The molecule has 3 aromatic rings. The van der Waals surface area contributed by atoms with Gasteiger partial charge in [-0.05, 0) is 42.5 Å². The van der Waals surface area contributed by atoms with Gasteiger partial charge < -0.3 is 10.5 Å². The van der Waals surface area contributed by atoms with Gasteiger partial charge in [-0.3, -0.25) is 4.79 Å². The minimum absolute atomic E-state index is 0.0390. The van der Waals surface area contributed by atoms with E-state index in [4.69, 9.17) is 38.8 Å². The van der Waals surface area contributed by atoms with Gasteiger partial charge in [-0.1, -0.05) is 23.2 Å². The number of nitrogens with two attached hydrogens (primary N) is 2. The van der Waals surface area contributed by atoms with E-state index in [1.54, 1.807) is 18.2 Å². The van der Waals surface area contributed by atoms with E-state index in [1.807, 2.05) is 0 Å². The summed E-state index contributed by atoms with van der Waals surface area (Å²) in [5, 5.41) is 10.1. The summed E-state index contributed by atoms with van der Waals surface area (Å²) >= 11 is 12.5. The first-order chi connectivity index (χ1) is 13.6. The number of amides is 1. The third-order valence-corrected chi connectivity index (χ3v) is 5.51. The van der Waals surface area contributed by atoms with Crippen molar-refractivity contribution in [2.75, 3.05) is 7.11 Å². The van der Waals surface area contributed by atoms with Crippen LogP contribution in [-0.4, -0.2) is 31.2 Å². The third kappa shape index (κ3) is 4.54. The van der Waals surface area contributed by atoms with Crippen molar-refractivity contribution < 1.29 is 17.9 Å². The lowest BCUT2D eigenvalue weighted by molar-refractivity contribution is -0.117. The number of hydrogen-bond donors (Lipinski definition) is 2. The average molecular weight is 455 g/mol. The van der Waals surface area contributed by atoms with Crippen LogP contribution in [0.1, 0.15) is 5.69 Å². The number of aromatic nitrogens is 2. The number of nitrogens with zero attached hydrogens (tertiary/aromatic N) is 2. The Morgan fingerprint density at radius 3 is 2.21 bits per heavy atom. The molecule has 0 saturated carbocycles. The molecule has 0 saturated heterocycles. The lowest BCUT2D eigenvalue weighted by Gasteiger charge is -2.11. The molecule has 0 aliphatic heterocycles. The number of carbonyl (C=O) groups is 1.